The second-order valence-electron chi connectivity index (χ2n) is 18.3. The Morgan fingerprint density at radius 1 is 0.984 bits per heavy atom. The van der Waals surface area contributed by atoms with Gasteiger partial charge in [-0.1, -0.05) is 63.2 Å². The molecule has 1 N–H and O–H groups in total. The lowest BCUT2D eigenvalue weighted by Crippen LogP contribution is -2.61. The number of alkyl carbamates (subject to hydrolysis) is 1. The maximum Gasteiger partial charge on any atom is 0.408 e. The molecule has 0 aliphatic carbocycles. The van der Waals surface area contributed by atoms with Gasteiger partial charge in [0.1, 0.15) is 24.2 Å². The summed E-state index contributed by atoms with van der Waals surface area (Å²) >= 11 is 0. The van der Waals surface area contributed by atoms with Crippen LogP contribution in [0, 0.1) is 23.7 Å². The minimum Gasteiger partial charge on any atom is -0.458 e. The van der Waals surface area contributed by atoms with Gasteiger partial charge in [0.15, 0.2) is 18.0 Å². The Balaban J connectivity index is 1.53. The lowest BCUT2D eigenvalue weighted by molar-refractivity contribution is -0.304. The van der Waals surface area contributed by atoms with E-state index in [-0.39, 0.29) is 37.6 Å². The van der Waals surface area contributed by atoms with E-state index >= 15 is 0 Å². The molecule has 1 amide bonds. The van der Waals surface area contributed by atoms with Crippen LogP contribution in [0.3, 0.4) is 0 Å². The van der Waals surface area contributed by atoms with Gasteiger partial charge in [-0.2, -0.15) is 0 Å². The highest BCUT2D eigenvalue weighted by Gasteiger charge is 2.58. The molecule has 0 unspecified atom stereocenters. The number of cyclic esters (lactones) is 1. The number of ether oxygens (including phenoxy) is 7. The quantitative estimate of drug-likeness (QED) is 0.112. The Morgan fingerprint density at radius 2 is 1.70 bits per heavy atom. The smallest absolute Gasteiger partial charge is 0.408 e. The number of likely N-dealkylation sites (N-methyl/N-ethyl adjacent to an activating group) is 1. The Bertz CT molecular complexity index is 1680. The number of unbranched alkanes of at least 4 members (excludes halogenated alkanes) is 2. The molecular formula is C46H71N3O12. The van der Waals surface area contributed by atoms with E-state index < -0.39 is 89.7 Å². The fourth-order valence-electron chi connectivity index (χ4n) is 9.86. The summed E-state index contributed by atoms with van der Waals surface area (Å²) in [6.07, 6.45) is -0.583. The maximum absolute atomic E-state index is 14.6. The van der Waals surface area contributed by atoms with Gasteiger partial charge >= 0.3 is 18.0 Å². The third-order valence-corrected chi connectivity index (χ3v) is 13.2. The first kappa shape index (κ1) is 48.4. The monoisotopic (exact) mass is 858 g/mol. The summed E-state index contributed by atoms with van der Waals surface area (Å²) in [6, 6.07) is 9.35. The number of carbonyl (C=O) groups excluding carboxylic acids is 4. The van der Waals surface area contributed by atoms with Crippen LogP contribution in [0.25, 0.3) is 0 Å². The summed E-state index contributed by atoms with van der Waals surface area (Å²) < 4.78 is 45.2. The number of nitrogens with one attached hydrogen (secondary N) is 1. The number of amides is 1. The Morgan fingerprint density at radius 3 is 2.38 bits per heavy atom. The standard InChI is InChI=1S/C46H71N3O12/c1-12-36-46(9)40(47-44(53)61-46)29(4)37(51)27(2)24-45(8)41(60-43-39(58-32(7)50)35(49(10)11)23-28(3)57-43)30(5)38(31(6)42(52)59-36)54-25-34(26-55-45)48-56-22-18-14-17-21-33-19-15-13-16-20-33/h13,15-16,19-20,27-31,35-36,38-41,43H,12,14,17-18,21-26H2,1-11H3,(H,47,53)/b48-34-/t27-,28-,29+,30+,31-,35+,36-,38+,39-,40-,41-,43+,45-,46+/m1/s1. The number of ketones is 1. The zero-order chi connectivity index (χ0) is 44.6. The SMILES string of the molecule is CC[C@H]1OC(=O)[C@H](C)[C@H]2OC/C(=N/OCCCCCc3ccccc3)CO[C@](C)(C[C@@H](C)C(=O)[C@H](C)[C@H]3NC(=O)O[C@]31C)[C@H](O[C@@H]1O[C@H](C)C[C@H](N(C)C)[C@H]1OC(C)=O)[C@H]2C. The average Bonchev–Trinajstić information content (AvgIpc) is 3.54. The van der Waals surface area contributed by atoms with Gasteiger partial charge in [-0.15, -0.1) is 0 Å². The largest absolute Gasteiger partial charge is 0.458 e. The van der Waals surface area contributed by atoms with Gasteiger partial charge in [0.2, 0.25) is 0 Å². The van der Waals surface area contributed by atoms with Crippen LogP contribution in [-0.4, -0.2) is 128 Å². The summed E-state index contributed by atoms with van der Waals surface area (Å²) in [5.74, 6) is -4.04. The molecule has 61 heavy (non-hydrogen) atoms. The fourth-order valence-corrected chi connectivity index (χ4v) is 9.86. The van der Waals surface area contributed by atoms with Crippen molar-refractivity contribution < 1.29 is 57.2 Å². The van der Waals surface area contributed by atoms with Crippen LogP contribution in [0.15, 0.2) is 35.5 Å². The number of oxime groups is 1. The summed E-state index contributed by atoms with van der Waals surface area (Å²) in [6.45, 7) is 16.4. The third-order valence-electron chi connectivity index (χ3n) is 13.2. The van der Waals surface area contributed by atoms with Crippen LogP contribution in [0.2, 0.25) is 0 Å². The van der Waals surface area contributed by atoms with Crippen molar-refractivity contribution in [3.05, 3.63) is 35.9 Å². The number of hydrogen-bond acceptors (Lipinski definition) is 14. The van der Waals surface area contributed by atoms with Crippen molar-refractivity contribution in [1.29, 1.82) is 0 Å². The highest BCUT2D eigenvalue weighted by atomic mass is 16.7. The lowest BCUT2D eigenvalue weighted by Gasteiger charge is -2.49. The van der Waals surface area contributed by atoms with Gasteiger partial charge in [-0.25, -0.2) is 4.79 Å². The van der Waals surface area contributed by atoms with E-state index in [0.29, 0.717) is 25.2 Å². The Kier molecular flexibility index (Phi) is 16.8. The van der Waals surface area contributed by atoms with E-state index in [0.717, 1.165) is 25.7 Å². The normalized spacial score (nSPS) is 38.3. The molecule has 1 aromatic carbocycles. The van der Waals surface area contributed by atoms with Crippen molar-refractivity contribution in [2.45, 2.75) is 167 Å². The minimum atomic E-state index is -1.33. The van der Waals surface area contributed by atoms with Crippen LogP contribution >= 0.6 is 0 Å². The molecular weight excluding hydrogens is 787 g/mol. The number of carbonyl (C=O) groups is 4. The zero-order valence-corrected chi connectivity index (χ0v) is 38.2. The third kappa shape index (κ3) is 11.7. The van der Waals surface area contributed by atoms with Gasteiger partial charge in [-0.3, -0.25) is 14.4 Å². The van der Waals surface area contributed by atoms with Gasteiger partial charge in [0.25, 0.3) is 0 Å². The molecule has 0 radical (unpaired) electrons. The second-order valence-corrected chi connectivity index (χ2v) is 18.3. The highest BCUT2D eigenvalue weighted by molar-refractivity contribution is 5.87. The Labute approximate surface area is 362 Å². The van der Waals surface area contributed by atoms with Gasteiger partial charge in [-0.05, 0) is 92.3 Å². The molecule has 4 aliphatic heterocycles. The first-order valence-corrected chi connectivity index (χ1v) is 22.2. The molecule has 4 fully saturated rings. The van der Waals surface area contributed by atoms with Gasteiger partial charge in [0.05, 0.1) is 55.1 Å². The molecule has 0 spiro atoms. The maximum atomic E-state index is 14.6. The predicted octanol–water partition coefficient (Wildman–Crippen LogP) is 6.03. The number of esters is 2. The Hall–Kier alpha value is -3.63. The van der Waals surface area contributed by atoms with E-state index in [1.807, 2.05) is 71.8 Å². The molecule has 4 aliphatic rings. The molecule has 4 saturated heterocycles. The van der Waals surface area contributed by atoms with Gasteiger partial charge in [0, 0.05) is 24.7 Å². The number of hydrogen-bond donors (Lipinski definition) is 1. The first-order valence-electron chi connectivity index (χ1n) is 22.2. The molecule has 14 atom stereocenters. The van der Waals surface area contributed by atoms with E-state index in [9.17, 15) is 19.2 Å². The van der Waals surface area contributed by atoms with Crippen LogP contribution in [0.1, 0.15) is 106 Å². The van der Waals surface area contributed by atoms with Crippen molar-refractivity contribution in [2.75, 3.05) is 33.9 Å². The summed E-state index contributed by atoms with van der Waals surface area (Å²) in [7, 11) is 3.84. The lowest BCUT2D eigenvalue weighted by atomic mass is 9.73. The van der Waals surface area contributed by atoms with Crippen LogP contribution < -0.4 is 5.32 Å². The molecule has 15 nitrogen and oxygen atoms in total. The minimum absolute atomic E-state index is 0.0246. The number of nitrogens with zero attached hydrogens (tertiary/aromatic N) is 2. The van der Waals surface area contributed by atoms with Crippen molar-refractivity contribution in [3.8, 4) is 0 Å². The average molecular weight is 858 g/mol. The van der Waals surface area contributed by atoms with Crippen molar-refractivity contribution in [1.82, 2.24) is 10.2 Å². The molecule has 2 bridgehead atoms. The molecule has 1 aromatic rings. The molecule has 342 valence electrons. The zero-order valence-electron chi connectivity index (χ0n) is 38.2. The summed E-state index contributed by atoms with van der Waals surface area (Å²) in [5.41, 5.74) is -0.823. The van der Waals surface area contributed by atoms with E-state index in [2.05, 4.69) is 22.6 Å². The van der Waals surface area contributed by atoms with Crippen LogP contribution in [0.4, 0.5) is 4.79 Å². The molecule has 15 heteroatoms. The topological polar surface area (TPSA) is 170 Å². The molecule has 0 saturated carbocycles. The number of Topliss-reactive ketones (excluding diaryl/α,β-unsaturated/α-hetero) is 1. The predicted molar refractivity (Wildman–Crippen MR) is 227 cm³/mol. The van der Waals surface area contributed by atoms with Crippen molar-refractivity contribution in [2.24, 2.45) is 28.8 Å². The fraction of sp³-hybridized carbons (Fsp3) is 0.761. The molecule has 5 rings (SSSR count). The van der Waals surface area contributed by atoms with Crippen molar-refractivity contribution in [3.63, 3.8) is 0 Å². The van der Waals surface area contributed by atoms with E-state index in [4.69, 9.17) is 38.0 Å². The van der Waals surface area contributed by atoms with E-state index in [1.54, 1.807) is 20.8 Å². The van der Waals surface area contributed by atoms with Crippen molar-refractivity contribution >= 4 is 29.5 Å². The summed E-state index contributed by atoms with van der Waals surface area (Å²) in [5, 5.41) is 7.36. The molecule has 0 aromatic heterocycles. The molecule has 4 heterocycles. The van der Waals surface area contributed by atoms with Crippen LogP contribution in [-0.2, 0) is 58.8 Å². The first-order chi connectivity index (χ1) is 28.9. The van der Waals surface area contributed by atoms with Gasteiger partial charge < -0.3 is 48.2 Å². The van der Waals surface area contributed by atoms with E-state index in [1.165, 1.54) is 12.5 Å². The number of benzene rings is 1. The number of aryl methyl sites for hydroxylation is 1. The highest BCUT2D eigenvalue weighted by Crippen LogP contribution is 2.42. The second kappa shape index (κ2) is 21.2. The number of fused-ring (bicyclic) bond motifs is 4. The number of rotatable bonds is 12. The summed E-state index contributed by atoms with van der Waals surface area (Å²) in [4.78, 5) is 62.3. The van der Waals surface area contributed by atoms with Crippen LogP contribution in [0.5, 0.6) is 0 Å².